The van der Waals surface area contributed by atoms with Crippen molar-refractivity contribution < 1.29 is 19.1 Å². The van der Waals surface area contributed by atoms with E-state index in [-0.39, 0.29) is 24.4 Å². The van der Waals surface area contributed by atoms with Crippen molar-refractivity contribution in [2.75, 3.05) is 38.6 Å². The number of methoxy groups -OCH3 is 1. The first kappa shape index (κ1) is 23.5. The van der Waals surface area contributed by atoms with E-state index in [4.69, 9.17) is 4.74 Å². The van der Waals surface area contributed by atoms with Crippen molar-refractivity contribution in [2.45, 2.75) is 32.2 Å². The fourth-order valence-corrected chi connectivity index (χ4v) is 4.13. The highest BCUT2D eigenvalue weighted by Crippen LogP contribution is 2.20. The second-order valence-corrected chi connectivity index (χ2v) is 7.95. The normalized spacial score (nSPS) is 14.3. The molecule has 0 unspecified atom stereocenters. The number of ether oxygens (including phenoxy) is 1. The Labute approximate surface area is 189 Å². The lowest BCUT2D eigenvalue weighted by atomic mass is 10.0. The lowest BCUT2D eigenvalue weighted by Gasteiger charge is -2.38. The Kier molecular flexibility index (Phi) is 8.39. The van der Waals surface area contributed by atoms with Crippen LogP contribution in [0, 0.1) is 0 Å². The number of hydrogen-bond acceptors (Lipinski definition) is 5. The van der Waals surface area contributed by atoms with Gasteiger partial charge in [0.15, 0.2) is 0 Å². The molecule has 0 bridgehead atoms. The summed E-state index contributed by atoms with van der Waals surface area (Å²) in [7, 11) is 1.32. The zero-order valence-electron chi connectivity index (χ0n) is 18.8. The highest BCUT2D eigenvalue weighted by atomic mass is 16.5. The average Bonchev–Trinajstić information content (AvgIpc) is 2.84. The van der Waals surface area contributed by atoms with Gasteiger partial charge in [0.25, 0.3) is 5.91 Å². The summed E-state index contributed by atoms with van der Waals surface area (Å²) in [6.45, 7) is 4.46. The third-order valence-corrected chi connectivity index (χ3v) is 5.75. The van der Waals surface area contributed by atoms with E-state index in [1.165, 1.54) is 7.11 Å². The van der Waals surface area contributed by atoms with Crippen molar-refractivity contribution in [2.24, 2.45) is 0 Å². The van der Waals surface area contributed by atoms with Gasteiger partial charge in [0.05, 0.1) is 24.9 Å². The predicted octanol–water partition coefficient (Wildman–Crippen LogP) is 3.43. The van der Waals surface area contributed by atoms with Gasteiger partial charge in [-0.05, 0) is 50.1 Å². The van der Waals surface area contributed by atoms with E-state index in [0.717, 1.165) is 25.8 Å². The van der Waals surface area contributed by atoms with Gasteiger partial charge in [0, 0.05) is 24.7 Å². The monoisotopic (exact) mass is 437 g/mol. The molecule has 1 aliphatic rings. The molecule has 7 nitrogen and oxygen atoms in total. The van der Waals surface area contributed by atoms with Gasteiger partial charge in [-0.15, -0.1) is 0 Å². The molecule has 1 fully saturated rings. The van der Waals surface area contributed by atoms with Gasteiger partial charge < -0.3 is 15.0 Å². The van der Waals surface area contributed by atoms with Crippen molar-refractivity contribution >= 4 is 23.5 Å². The van der Waals surface area contributed by atoms with E-state index >= 15 is 0 Å². The fraction of sp³-hybridized carbons (Fsp3) is 0.400. The zero-order valence-corrected chi connectivity index (χ0v) is 18.8. The van der Waals surface area contributed by atoms with Crippen LogP contribution in [0.15, 0.2) is 54.6 Å². The summed E-state index contributed by atoms with van der Waals surface area (Å²) >= 11 is 0. The molecule has 0 aromatic heterocycles. The number of piperidine rings is 1. The maximum Gasteiger partial charge on any atom is 0.339 e. The Morgan fingerprint density at radius 1 is 1.03 bits per heavy atom. The molecule has 1 aliphatic heterocycles. The largest absolute Gasteiger partial charge is 0.465 e. The smallest absolute Gasteiger partial charge is 0.339 e. The van der Waals surface area contributed by atoms with Gasteiger partial charge in [-0.2, -0.15) is 0 Å². The molecule has 2 aromatic rings. The van der Waals surface area contributed by atoms with Gasteiger partial charge in [0.1, 0.15) is 0 Å². The third-order valence-electron chi connectivity index (χ3n) is 5.75. The minimum absolute atomic E-state index is 0.0586. The quantitative estimate of drug-likeness (QED) is 0.640. The highest BCUT2D eigenvalue weighted by molar-refractivity contribution is 6.01. The number of benzene rings is 2. The number of amides is 2. The van der Waals surface area contributed by atoms with E-state index in [1.807, 2.05) is 35.2 Å². The molecule has 7 heteroatoms. The van der Waals surface area contributed by atoms with Crippen LogP contribution in [-0.4, -0.2) is 66.9 Å². The molecule has 1 saturated heterocycles. The molecule has 1 N–H and O–H groups in total. The second-order valence-electron chi connectivity index (χ2n) is 7.95. The van der Waals surface area contributed by atoms with E-state index in [9.17, 15) is 14.4 Å². The number of likely N-dealkylation sites (tertiary alicyclic amines) is 1. The first-order valence-electron chi connectivity index (χ1n) is 11.1. The molecule has 0 radical (unpaired) electrons. The lowest BCUT2D eigenvalue weighted by molar-refractivity contribution is -0.118. The fourth-order valence-electron chi connectivity index (χ4n) is 4.13. The maximum atomic E-state index is 12.8. The van der Waals surface area contributed by atoms with Gasteiger partial charge >= 0.3 is 5.97 Å². The summed E-state index contributed by atoms with van der Waals surface area (Å²) in [5.41, 5.74) is 1.49. The van der Waals surface area contributed by atoms with Crippen molar-refractivity contribution in [3.05, 3.63) is 65.7 Å². The molecular formula is C25H31N3O4. The third kappa shape index (κ3) is 5.95. The molecule has 1 heterocycles. The SMILES string of the molecule is CCCN(CC(=O)Nc1ccccc1C(=O)OC)C1CCN(C(=O)c2ccccc2)CC1. The van der Waals surface area contributed by atoms with Crippen molar-refractivity contribution in [1.29, 1.82) is 0 Å². The average molecular weight is 438 g/mol. The summed E-state index contributed by atoms with van der Waals surface area (Å²) in [4.78, 5) is 41.5. The van der Waals surface area contributed by atoms with Gasteiger partial charge in [-0.3, -0.25) is 14.5 Å². The van der Waals surface area contributed by atoms with Gasteiger partial charge in [0.2, 0.25) is 5.91 Å². The molecule has 2 aromatic carbocycles. The van der Waals surface area contributed by atoms with Crippen LogP contribution in [0.2, 0.25) is 0 Å². The number of carbonyl (C=O) groups excluding carboxylic acids is 3. The van der Waals surface area contributed by atoms with Crippen LogP contribution in [0.5, 0.6) is 0 Å². The first-order chi connectivity index (χ1) is 15.5. The Hall–Kier alpha value is -3.19. The number of anilines is 1. The summed E-state index contributed by atoms with van der Waals surface area (Å²) in [6, 6.07) is 16.4. The Morgan fingerprint density at radius 3 is 2.34 bits per heavy atom. The zero-order chi connectivity index (χ0) is 22.9. The Balaban J connectivity index is 1.59. The number of para-hydroxylation sites is 1. The van der Waals surface area contributed by atoms with Crippen LogP contribution >= 0.6 is 0 Å². The molecule has 0 saturated carbocycles. The summed E-state index contributed by atoms with van der Waals surface area (Å²) in [5.74, 6) is -0.595. The number of esters is 1. The summed E-state index contributed by atoms with van der Waals surface area (Å²) < 4.78 is 4.80. The first-order valence-corrected chi connectivity index (χ1v) is 11.1. The van der Waals surface area contributed by atoms with Crippen LogP contribution in [0.4, 0.5) is 5.69 Å². The van der Waals surface area contributed by atoms with Crippen LogP contribution in [0.1, 0.15) is 46.9 Å². The molecule has 3 rings (SSSR count). The molecule has 0 aliphatic carbocycles. The van der Waals surface area contributed by atoms with E-state index in [1.54, 1.807) is 24.3 Å². The van der Waals surface area contributed by atoms with Crippen LogP contribution in [-0.2, 0) is 9.53 Å². The van der Waals surface area contributed by atoms with E-state index < -0.39 is 5.97 Å². The highest BCUT2D eigenvalue weighted by Gasteiger charge is 2.28. The predicted molar refractivity (Wildman–Crippen MR) is 124 cm³/mol. The molecule has 170 valence electrons. The van der Waals surface area contributed by atoms with Crippen LogP contribution < -0.4 is 5.32 Å². The molecule has 0 atom stereocenters. The maximum absolute atomic E-state index is 12.8. The molecular weight excluding hydrogens is 406 g/mol. The number of carbonyl (C=O) groups is 3. The minimum Gasteiger partial charge on any atom is -0.465 e. The lowest BCUT2D eigenvalue weighted by Crippen LogP contribution is -2.49. The van der Waals surface area contributed by atoms with Crippen LogP contribution in [0.3, 0.4) is 0 Å². The van der Waals surface area contributed by atoms with E-state index in [2.05, 4.69) is 17.1 Å². The standard InChI is InChI=1S/C25H31N3O4/c1-3-15-28(18-23(29)26-22-12-8-7-11-21(22)25(31)32-2)20-13-16-27(17-14-20)24(30)19-9-5-4-6-10-19/h4-12,20H,3,13-18H2,1-2H3,(H,26,29). The molecule has 32 heavy (non-hydrogen) atoms. The topological polar surface area (TPSA) is 79.0 Å². The Morgan fingerprint density at radius 2 is 1.69 bits per heavy atom. The minimum atomic E-state index is -0.484. The number of nitrogens with one attached hydrogen (secondary N) is 1. The van der Waals surface area contributed by atoms with Crippen molar-refractivity contribution in [1.82, 2.24) is 9.80 Å². The van der Waals surface area contributed by atoms with E-state index in [0.29, 0.717) is 29.9 Å². The van der Waals surface area contributed by atoms with Crippen molar-refractivity contribution in [3.8, 4) is 0 Å². The van der Waals surface area contributed by atoms with Crippen LogP contribution in [0.25, 0.3) is 0 Å². The molecule has 2 amide bonds. The number of rotatable bonds is 8. The number of hydrogen-bond donors (Lipinski definition) is 1. The number of nitrogens with zero attached hydrogens (tertiary/aromatic N) is 2. The Bertz CT molecular complexity index is 924. The molecule has 0 spiro atoms. The van der Waals surface area contributed by atoms with Crippen molar-refractivity contribution in [3.63, 3.8) is 0 Å². The van der Waals surface area contributed by atoms with Gasteiger partial charge in [-0.1, -0.05) is 37.3 Å². The second kappa shape index (κ2) is 11.4. The summed E-state index contributed by atoms with van der Waals surface area (Å²) in [6.07, 6.45) is 2.57. The summed E-state index contributed by atoms with van der Waals surface area (Å²) in [5, 5.41) is 2.86. The van der Waals surface area contributed by atoms with Gasteiger partial charge in [-0.25, -0.2) is 4.79 Å².